The Bertz CT molecular complexity index is 836. The molecule has 7 nitrogen and oxygen atoms in total. The fourth-order valence-corrected chi connectivity index (χ4v) is 6.02. The molecule has 8 heteroatoms. The smallest absolute Gasteiger partial charge is 0.246 e. The molecule has 1 aromatic rings. The van der Waals surface area contributed by atoms with Crippen LogP contribution >= 0.6 is 0 Å². The van der Waals surface area contributed by atoms with Gasteiger partial charge < -0.3 is 5.32 Å². The largest absolute Gasteiger partial charge is 0.354 e. The third kappa shape index (κ3) is 4.84. The van der Waals surface area contributed by atoms with Crippen molar-refractivity contribution in [1.82, 2.24) is 19.4 Å². The fraction of sp³-hybridized carbons (Fsp3) is 0.700. The average Bonchev–Trinajstić information content (AvgIpc) is 2.97. The minimum atomic E-state index is -3.56. The van der Waals surface area contributed by atoms with E-state index in [2.05, 4.69) is 16.5 Å². The molecule has 3 rings (SSSR count). The van der Waals surface area contributed by atoms with Crippen LogP contribution < -0.4 is 5.32 Å². The Morgan fingerprint density at radius 1 is 1.14 bits per heavy atom. The minimum Gasteiger partial charge on any atom is -0.354 e. The lowest BCUT2D eigenvalue weighted by molar-refractivity contribution is -0.121. The summed E-state index contributed by atoms with van der Waals surface area (Å²) in [7, 11) is -3.56. The Balaban J connectivity index is 1.62. The molecule has 0 radical (unpaired) electrons. The molecule has 0 aromatic carbocycles. The molecule has 0 atom stereocenters. The summed E-state index contributed by atoms with van der Waals surface area (Å²) in [6.07, 6.45) is 10.8. The summed E-state index contributed by atoms with van der Waals surface area (Å²) in [4.78, 5) is 12.6. The van der Waals surface area contributed by atoms with Gasteiger partial charge in [-0.05, 0) is 58.8 Å². The van der Waals surface area contributed by atoms with Crippen LogP contribution in [-0.2, 0) is 21.4 Å². The number of piperidine rings is 1. The first-order valence-corrected chi connectivity index (χ1v) is 11.8. The Morgan fingerprint density at radius 2 is 1.89 bits per heavy atom. The molecule has 0 unspecified atom stereocenters. The monoisotopic (exact) mass is 408 g/mol. The number of rotatable bonds is 7. The molecule has 2 aliphatic rings. The Morgan fingerprint density at radius 3 is 2.57 bits per heavy atom. The van der Waals surface area contributed by atoms with Crippen LogP contribution in [0.2, 0.25) is 0 Å². The lowest BCUT2D eigenvalue weighted by Gasteiger charge is -2.25. The number of sulfonamides is 1. The van der Waals surface area contributed by atoms with Gasteiger partial charge in [0.2, 0.25) is 15.9 Å². The average molecular weight is 409 g/mol. The minimum absolute atomic E-state index is 0.0429. The first kappa shape index (κ1) is 21.0. The lowest BCUT2D eigenvalue weighted by Crippen LogP contribution is -2.36. The van der Waals surface area contributed by atoms with E-state index in [0.29, 0.717) is 31.0 Å². The topological polar surface area (TPSA) is 84.3 Å². The number of aryl methyl sites for hydroxylation is 1. The number of hydrogen-bond donors (Lipinski definition) is 1. The molecule has 1 amide bonds. The maximum atomic E-state index is 13.0. The summed E-state index contributed by atoms with van der Waals surface area (Å²) in [5, 5.41) is 7.28. The van der Waals surface area contributed by atoms with Crippen molar-refractivity contribution in [2.24, 2.45) is 0 Å². The number of allylic oxidation sites excluding steroid dienone is 1. The van der Waals surface area contributed by atoms with E-state index in [-0.39, 0.29) is 17.3 Å². The van der Waals surface area contributed by atoms with Crippen molar-refractivity contribution in [3.8, 4) is 0 Å². The number of aromatic nitrogens is 2. The predicted octanol–water partition coefficient (Wildman–Crippen LogP) is 2.68. The molecule has 28 heavy (non-hydrogen) atoms. The van der Waals surface area contributed by atoms with Crippen LogP contribution in [0.15, 0.2) is 16.5 Å². The van der Waals surface area contributed by atoms with Crippen LogP contribution in [0.5, 0.6) is 0 Å². The van der Waals surface area contributed by atoms with Crippen molar-refractivity contribution in [3.63, 3.8) is 0 Å². The van der Waals surface area contributed by atoms with E-state index in [9.17, 15) is 13.2 Å². The molecule has 2 heterocycles. The number of nitrogens with zero attached hydrogens (tertiary/aromatic N) is 3. The summed E-state index contributed by atoms with van der Waals surface area (Å²) in [6.45, 7) is 5.21. The molecule has 1 aliphatic carbocycles. The van der Waals surface area contributed by atoms with Crippen molar-refractivity contribution < 1.29 is 13.2 Å². The maximum absolute atomic E-state index is 13.0. The summed E-state index contributed by atoms with van der Waals surface area (Å²) >= 11 is 0. The highest BCUT2D eigenvalue weighted by Gasteiger charge is 2.31. The first-order chi connectivity index (χ1) is 13.4. The summed E-state index contributed by atoms with van der Waals surface area (Å²) in [5.74, 6) is -0.135. The molecule has 0 saturated carbocycles. The number of carbonyl (C=O) groups is 1. The molecule has 0 spiro atoms. The molecule has 1 saturated heterocycles. The Hall–Kier alpha value is -1.67. The van der Waals surface area contributed by atoms with Crippen molar-refractivity contribution in [3.05, 3.63) is 23.0 Å². The van der Waals surface area contributed by atoms with E-state index in [1.807, 2.05) is 0 Å². The zero-order valence-corrected chi connectivity index (χ0v) is 17.9. The summed E-state index contributed by atoms with van der Waals surface area (Å²) < 4.78 is 29.1. The standard InChI is InChI=1S/C20H32N4O3S/c1-16-20(28(26,27)23-13-7-4-8-14-23)17(2)24(22-16)15-19(25)21-12-11-18-9-5-3-6-10-18/h9H,3-8,10-15H2,1-2H3,(H,21,25). The van der Waals surface area contributed by atoms with E-state index in [0.717, 1.165) is 38.5 Å². The van der Waals surface area contributed by atoms with E-state index in [1.165, 1.54) is 23.1 Å². The number of nitrogens with one attached hydrogen (secondary N) is 1. The van der Waals surface area contributed by atoms with Crippen LogP contribution in [0.4, 0.5) is 0 Å². The van der Waals surface area contributed by atoms with Crippen LogP contribution in [0.1, 0.15) is 62.8 Å². The van der Waals surface area contributed by atoms with E-state index in [1.54, 1.807) is 18.2 Å². The highest BCUT2D eigenvalue weighted by molar-refractivity contribution is 7.89. The molecule has 1 aliphatic heterocycles. The zero-order chi connectivity index (χ0) is 20.1. The van der Waals surface area contributed by atoms with Crippen molar-refractivity contribution in [1.29, 1.82) is 0 Å². The molecule has 0 bridgehead atoms. The zero-order valence-electron chi connectivity index (χ0n) is 17.0. The van der Waals surface area contributed by atoms with Gasteiger partial charge in [-0.15, -0.1) is 0 Å². The Labute approximate surface area is 168 Å². The van der Waals surface area contributed by atoms with Gasteiger partial charge >= 0.3 is 0 Å². The van der Waals surface area contributed by atoms with E-state index >= 15 is 0 Å². The van der Waals surface area contributed by atoms with E-state index in [4.69, 9.17) is 0 Å². The van der Waals surface area contributed by atoms with Crippen LogP contribution in [-0.4, -0.2) is 48.0 Å². The fourth-order valence-electron chi connectivity index (χ4n) is 4.13. The predicted molar refractivity (Wildman–Crippen MR) is 108 cm³/mol. The number of amides is 1. The van der Waals surface area contributed by atoms with Gasteiger partial charge in [0.25, 0.3) is 0 Å². The molecule has 156 valence electrons. The van der Waals surface area contributed by atoms with Crippen molar-refractivity contribution >= 4 is 15.9 Å². The van der Waals surface area contributed by atoms with Gasteiger partial charge in [0.1, 0.15) is 11.4 Å². The van der Waals surface area contributed by atoms with E-state index < -0.39 is 10.0 Å². The normalized spacial score (nSPS) is 18.7. The van der Waals surface area contributed by atoms with Gasteiger partial charge in [-0.3, -0.25) is 9.48 Å². The van der Waals surface area contributed by atoms with Crippen LogP contribution in [0.25, 0.3) is 0 Å². The molecule has 1 N–H and O–H groups in total. The second-order valence-corrected chi connectivity index (χ2v) is 9.71. The van der Waals surface area contributed by atoms with Crippen LogP contribution in [0.3, 0.4) is 0 Å². The third-order valence-electron chi connectivity index (χ3n) is 5.67. The number of carbonyl (C=O) groups excluding carboxylic acids is 1. The second-order valence-electron chi connectivity index (χ2n) is 7.83. The highest BCUT2D eigenvalue weighted by Crippen LogP contribution is 2.26. The van der Waals surface area contributed by atoms with Crippen molar-refractivity contribution in [2.45, 2.75) is 76.7 Å². The SMILES string of the molecule is Cc1nn(CC(=O)NCCC2=CCCCC2)c(C)c1S(=O)(=O)N1CCCCC1. The van der Waals surface area contributed by atoms with Crippen molar-refractivity contribution in [2.75, 3.05) is 19.6 Å². The lowest BCUT2D eigenvalue weighted by atomic mass is 9.97. The first-order valence-electron chi connectivity index (χ1n) is 10.4. The molecule has 1 fully saturated rings. The van der Waals surface area contributed by atoms with Gasteiger partial charge in [-0.1, -0.05) is 18.1 Å². The van der Waals surface area contributed by atoms with Gasteiger partial charge in [0.05, 0.1) is 11.4 Å². The highest BCUT2D eigenvalue weighted by atomic mass is 32.2. The summed E-state index contributed by atoms with van der Waals surface area (Å²) in [6, 6.07) is 0. The second kappa shape index (κ2) is 9.22. The maximum Gasteiger partial charge on any atom is 0.246 e. The molecule has 1 aromatic heterocycles. The molecular formula is C20H32N4O3S. The van der Waals surface area contributed by atoms with Gasteiger partial charge in [0, 0.05) is 19.6 Å². The molecular weight excluding hydrogens is 376 g/mol. The third-order valence-corrected chi connectivity index (χ3v) is 7.83. The van der Waals surface area contributed by atoms with Gasteiger partial charge in [-0.25, -0.2) is 8.42 Å². The van der Waals surface area contributed by atoms with Crippen LogP contribution in [0, 0.1) is 13.8 Å². The summed E-state index contributed by atoms with van der Waals surface area (Å²) in [5.41, 5.74) is 2.42. The number of hydrogen-bond acceptors (Lipinski definition) is 4. The quantitative estimate of drug-likeness (QED) is 0.703. The van der Waals surface area contributed by atoms with Gasteiger partial charge in [-0.2, -0.15) is 9.40 Å². The Kier molecular flexibility index (Phi) is 6.93. The van der Waals surface area contributed by atoms with Gasteiger partial charge in [0.15, 0.2) is 0 Å².